The highest BCUT2D eigenvalue weighted by Gasteiger charge is 2.05. The number of ether oxygens (including phenoxy) is 1. The summed E-state index contributed by atoms with van der Waals surface area (Å²) in [6, 6.07) is 4.30. The Hall–Kier alpha value is -1.05. The first kappa shape index (κ1) is 19.9. The fraction of sp³-hybridized carbons (Fsp3) is 0.600. The van der Waals surface area contributed by atoms with Crippen molar-refractivity contribution in [3.8, 4) is 5.88 Å². The Bertz CT molecular complexity index is 426. The molecular formula is C15H27IN4O. The Balaban J connectivity index is 0.00000400. The Morgan fingerprint density at radius 2 is 2.14 bits per heavy atom. The van der Waals surface area contributed by atoms with Crippen molar-refractivity contribution in [1.29, 1.82) is 0 Å². The first-order valence-corrected chi connectivity index (χ1v) is 7.32. The van der Waals surface area contributed by atoms with Crippen LogP contribution in [-0.4, -0.2) is 30.1 Å². The van der Waals surface area contributed by atoms with Gasteiger partial charge in [0.2, 0.25) is 5.88 Å². The Morgan fingerprint density at radius 3 is 2.76 bits per heavy atom. The van der Waals surface area contributed by atoms with E-state index in [0.29, 0.717) is 25.1 Å². The van der Waals surface area contributed by atoms with Crippen LogP contribution >= 0.6 is 24.0 Å². The van der Waals surface area contributed by atoms with Crippen molar-refractivity contribution in [1.82, 2.24) is 15.6 Å². The summed E-state index contributed by atoms with van der Waals surface area (Å²) in [5.41, 5.74) is 0.996. The number of hydrogen-bond donors (Lipinski definition) is 2. The van der Waals surface area contributed by atoms with Gasteiger partial charge < -0.3 is 15.4 Å². The van der Waals surface area contributed by atoms with Gasteiger partial charge in [0.25, 0.3) is 0 Å². The predicted octanol–water partition coefficient (Wildman–Crippen LogP) is 2.95. The standard InChI is InChI=1S/C15H26N4O.HI/c1-5-12(4)19-15(16-6-2)18-11-13-9-8-10-17-14(13)20-7-3;/h8-10,12H,5-7,11H2,1-4H3,(H2,16,18,19);1H. The van der Waals surface area contributed by atoms with E-state index in [1.165, 1.54) is 0 Å². The number of rotatable bonds is 7. The van der Waals surface area contributed by atoms with Gasteiger partial charge in [-0.2, -0.15) is 0 Å². The summed E-state index contributed by atoms with van der Waals surface area (Å²) in [5, 5.41) is 6.61. The highest BCUT2D eigenvalue weighted by Crippen LogP contribution is 2.15. The van der Waals surface area contributed by atoms with Crippen molar-refractivity contribution in [3.05, 3.63) is 23.9 Å². The zero-order chi connectivity index (χ0) is 14.8. The summed E-state index contributed by atoms with van der Waals surface area (Å²) in [6.45, 7) is 10.3. The summed E-state index contributed by atoms with van der Waals surface area (Å²) in [7, 11) is 0. The van der Waals surface area contributed by atoms with Crippen LogP contribution in [-0.2, 0) is 6.54 Å². The van der Waals surface area contributed by atoms with Crippen LogP contribution in [0.5, 0.6) is 5.88 Å². The number of aliphatic imine (C=N–C) groups is 1. The summed E-state index contributed by atoms with van der Waals surface area (Å²) < 4.78 is 5.51. The van der Waals surface area contributed by atoms with Crippen molar-refractivity contribution >= 4 is 29.9 Å². The van der Waals surface area contributed by atoms with Gasteiger partial charge >= 0.3 is 0 Å². The van der Waals surface area contributed by atoms with Crippen LogP contribution in [0.2, 0.25) is 0 Å². The molecule has 0 fully saturated rings. The zero-order valence-corrected chi connectivity index (χ0v) is 15.7. The molecule has 0 radical (unpaired) electrons. The fourth-order valence-electron chi connectivity index (χ4n) is 1.63. The molecule has 0 aliphatic heterocycles. The van der Waals surface area contributed by atoms with Gasteiger partial charge in [0, 0.05) is 24.3 Å². The number of hydrogen-bond acceptors (Lipinski definition) is 3. The smallest absolute Gasteiger partial charge is 0.218 e. The molecule has 0 saturated carbocycles. The molecule has 6 heteroatoms. The zero-order valence-electron chi connectivity index (χ0n) is 13.3. The molecule has 0 saturated heterocycles. The molecule has 21 heavy (non-hydrogen) atoms. The molecule has 2 N–H and O–H groups in total. The lowest BCUT2D eigenvalue weighted by atomic mass is 10.2. The van der Waals surface area contributed by atoms with E-state index in [1.807, 2.05) is 19.1 Å². The van der Waals surface area contributed by atoms with Gasteiger partial charge in [0.05, 0.1) is 13.2 Å². The molecule has 0 bridgehead atoms. The monoisotopic (exact) mass is 406 g/mol. The second-order valence-electron chi connectivity index (χ2n) is 4.55. The van der Waals surface area contributed by atoms with E-state index in [1.54, 1.807) is 6.20 Å². The third-order valence-corrected chi connectivity index (χ3v) is 2.88. The van der Waals surface area contributed by atoms with E-state index in [4.69, 9.17) is 4.74 Å². The maximum absolute atomic E-state index is 5.51. The largest absolute Gasteiger partial charge is 0.478 e. The molecular weight excluding hydrogens is 379 g/mol. The van der Waals surface area contributed by atoms with E-state index in [2.05, 4.69) is 41.4 Å². The van der Waals surface area contributed by atoms with Gasteiger partial charge in [0.1, 0.15) is 0 Å². The van der Waals surface area contributed by atoms with Crippen molar-refractivity contribution in [3.63, 3.8) is 0 Å². The van der Waals surface area contributed by atoms with Crippen molar-refractivity contribution < 1.29 is 4.74 Å². The minimum Gasteiger partial charge on any atom is -0.478 e. The van der Waals surface area contributed by atoms with E-state index in [0.717, 1.165) is 24.5 Å². The maximum Gasteiger partial charge on any atom is 0.218 e. The normalized spacial score (nSPS) is 12.3. The summed E-state index contributed by atoms with van der Waals surface area (Å²) in [6.07, 6.45) is 2.79. The third kappa shape index (κ3) is 7.50. The first-order valence-electron chi connectivity index (χ1n) is 7.32. The molecule has 1 atom stereocenters. The quantitative estimate of drug-likeness (QED) is 0.415. The van der Waals surface area contributed by atoms with E-state index in [9.17, 15) is 0 Å². The highest BCUT2D eigenvalue weighted by molar-refractivity contribution is 14.0. The molecule has 0 aliphatic carbocycles. The van der Waals surface area contributed by atoms with Crippen molar-refractivity contribution in [2.45, 2.75) is 46.7 Å². The van der Waals surface area contributed by atoms with Crippen LogP contribution in [0, 0.1) is 0 Å². The first-order chi connectivity index (χ1) is 9.71. The van der Waals surface area contributed by atoms with Crippen LogP contribution in [0.4, 0.5) is 0 Å². The molecule has 1 aromatic heterocycles. The number of nitrogens with zero attached hydrogens (tertiary/aromatic N) is 2. The van der Waals surface area contributed by atoms with Crippen LogP contribution in [0.1, 0.15) is 39.7 Å². The van der Waals surface area contributed by atoms with Gasteiger partial charge in [0.15, 0.2) is 5.96 Å². The molecule has 0 aliphatic rings. The Morgan fingerprint density at radius 1 is 1.38 bits per heavy atom. The topological polar surface area (TPSA) is 58.5 Å². The Kier molecular flexibility index (Phi) is 11.0. The van der Waals surface area contributed by atoms with E-state index < -0.39 is 0 Å². The summed E-state index contributed by atoms with van der Waals surface area (Å²) in [5.74, 6) is 1.49. The van der Waals surface area contributed by atoms with Crippen molar-refractivity contribution in [2.75, 3.05) is 13.2 Å². The average molecular weight is 406 g/mol. The number of aromatic nitrogens is 1. The van der Waals surface area contributed by atoms with Gasteiger partial charge in [-0.05, 0) is 33.3 Å². The number of halogens is 1. The minimum atomic E-state index is 0. The van der Waals surface area contributed by atoms with Gasteiger partial charge in [-0.3, -0.25) is 0 Å². The molecule has 0 aromatic carbocycles. The van der Waals surface area contributed by atoms with Gasteiger partial charge in [-0.15, -0.1) is 24.0 Å². The van der Waals surface area contributed by atoms with Crippen LogP contribution < -0.4 is 15.4 Å². The lowest BCUT2D eigenvalue weighted by Crippen LogP contribution is -2.41. The van der Waals surface area contributed by atoms with E-state index >= 15 is 0 Å². The van der Waals surface area contributed by atoms with Gasteiger partial charge in [-0.25, -0.2) is 9.98 Å². The molecule has 1 unspecified atom stereocenters. The lowest BCUT2D eigenvalue weighted by molar-refractivity contribution is 0.323. The van der Waals surface area contributed by atoms with Crippen molar-refractivity contribution in [2.24, 2.45) is 4.99 Å². The predicted molar refractivity (Wildman–Crippen MR) is 98.5 cm³/mol. The Labute approximate surface area is 145 Å². The molecule has 120 valence electrons. The lowest BCUT2D eigenvalue weighted by Gasteiger charge is -2.16. The SMILES string of the molecule is CCNC(=NCc1cccnc1OCC)NC(C)CC.I. The molecule has 1 rings (SSSR count). The van der Waals surface area contributed by atoms with Gasteiger partial charge in [-0.1, -0.05) is 13.0 Å². The minimum absolute atomic E-state index is 0. The maximum atomic E-state index is 5.51. The molecule has 1 heterocycles. The van der Waals surface area contributed by atoms with E-state index in [-0.39, 0.29) is 24.0 Å². The second-order valence-corrected chi connectivity index (χ2v) is 4.55. The van der Waals surface area contributed by atoms with Crippen LogP contribution in [0.15, 0.2) is 23.3 Å². The van der Waals surface area contributed by atoms with Crippen LogP contribution in [0.3, 0.4) is 0 Å². The second kappa shape index (κ2) is 11.6. The molecule has 1 aromatic rings. The fourth-order valence-corrected chi connectivity index (χ4v) is 1.63. The molecule has 5 nitrogen and oxygen atoms in total. The number of pyridine rings is 1. The molecule has 0 spiro atoms. The third-order valence-electron chi connectivity index (χ3n) is 2.88. The highest BCUT2D eigenvalue weighted by atomic mass is 127. The summed E-state index contributed by atoms with van der Waals surface area (Å²) >= 11 is 0. The number of guanidine groups is 1. The van der Waals surface area contributed by atoms with Crippen LogP contribution in [0.25, 0.3) is 0 Å². The molecule has 0 amide bonds. The number of nitrogens with one attached hydrogen (secondary N) is 2. The summed E-state index contributed by atoms with van der Waals surface area (Å²) in [4.78, 5) is 8.83. The average Bonchev–Trinajstić information content (AvgIpc) is 2.46.